The Morgan fingerprint density at radius 2 is 2.06 bits per heavy atom. The predicted molar refractivity (Wildman–Crippen MR) is 59.2 cm³/mol. The Hall–Kier alpha value is -1.52. The van der Waals surface area contributed by atoms with Crippen LogP contribution in [0.5, 0.6) is 0 Å². The maximum absolute atomic E-state index is 9.89. The fraction of sp³-hybridized carbons (Fsp3) is 0.182. The second-order valence-electron chi connectivity index (χ2n) is 3.44. The smallest absolute Gasteiger partial charge is 1.00 e. The molecule has 1 unspecified atom stereocenters. The van der Waals surface area contributed by atoms with E-state index in [2.05, 4.69) is 4.98 Å². The van der Waals surface area contributed by atoms with Gasteiger partial charge in [0.25, 0.3) is 0 Å². The first-order valence-corrected chi connectivity index (χ1v) is 4.75. The van der Waals surface area contributed by atoms with E-state index < -0.39 is 6.10 Å². The van der Waals surface area contributed by atoms with E-state index in [0.29, 0.717) is 12.2 Å². The quantitative estimate of drug-likeness (QED) is 0.629. The summed E-state index contributed by atoms with van der Waals surface area (Å²) >= 11 is 0. The largest absolute Gasteiger partial charge is 1.00 e. The van der Waals surface area contributed by atoms with Crippen molar-refractivity contribution in [3.8, 4) is 0 Å². The number of hydrogen-bond acceptors (Lipinski definition) is 3. The van der Waals surface area contributed by atoms with E-state index in [9.17, 15) is 5.11 Å². The minimum atomic E-state index is -0.528. The van der Waals surface area contributed by atoms with Crippen molar-refractivity contribution in [2.24, 2.45) is 0 Å². The van der Waals surface area contributed by atoms with Crippen LogP contribution in [-0.2, 0) is 6.54 Å². The highest BCUT2D eigenvalue weighted by atomic mass is 35.5. The summed E-state index contributed by atoms with van der Waals surface area (Å²) < 4.78 is 1.83. The third-order valence-electron chi connectivity index (χ3n) is 2.26. The first kappa shape index (κ1) is 12.5. The van der Waals surface area contributed by atoms with Crippen molar-refractivity contribution in [3.05, 3.63) is 48.5 Å². The van der Waals surface area contributed by atoms with Gasteiger partial charge in [-0.05, 0) is 17.7 Å². The standard InChI is InChI=1S/C11H13N3O.ClH/c12-10-3-1-9(2-4-10)11(15)7-14-6-5-13-8-14;/h1-6,8,11,15H,7,12H2;1H. The Kier molecular flexibility index (Phi) is 4.34. The van der Waals surface area contributed by atoms with E-state index >= 15 is 0 Å². The molecule has 0 aliphatic carbocycles. The van der Waals surface area contributed by atoms with Crippen LogP contribution in [0.4, 0.5) is 5.69 Å². The van der Waals surface area contributed by atoms with Gasteiger partial charge in [0.15, 0.2) is 0 Å². The predicted octanol–water partition coefficient (Wildman–Crippen LogP) is -1.68. The van der Waals surface area contributed by atoms with Crippen LogP contribution in [0.2, 0.25) is 0 Å². The number of imidazole rings is 1. The molecule has 0 fully saturated rings. The first-order valence-electron chi connectivity index (χ1n) is 4.75. The number of rotatable bonds is 3. The second kappa shape index (κ2) is 5.53. The molecule has 5 heteroatoms. The number of aromatic nitrogens is 2. The molecule has 1 heterocycles. The molecule has 16 heavy (non-hydrogen) atoms. The van der Waals surface area contributed by atoms with E-state index in [1.807, 2.05) is 22.9 Å². The van der Waals surface area contributed by atoms with Crippen molar-refractivity contribution in [1.82, 2.24) is 9.55 Å². The second-order valence-corrected chi connectivity index (χ2v) is 3.44. The summed E-state index contributed by atoms with van der Waals surface area (Å²) in [5.41, 5.74) is 7.13. The lowest BCUT2D eigenvalue weighted by Gasteiger charge is -2.11. The Morgan fingerprint density at radius 3 is 2.62 bits per heavy atom. The van der Waals surface area contributed by atoms with E-state index in [4.69, 9.17) is 5.73 Å². The van der Waals surface area contributed by atoms with Crippen LogP contribution < -0.4 is 18.1 Å². The molecular weight excluding hydrogens is 226 g/mol. The lowest BCUT2D eigenvalue weighted by Crippen LogP contribution is -3.00. The van der Waals surface area contributed by atoms with Gasteiger partial charge in [-0.25, -0.2) is 4.98 Å². The third kappa shape index (κ3) is 2.98. The Morgan fingerprint density at radius 1 is 1.38 bits per heavy atom. The highest BCUT2D eigenvalue weighted by Gasteiger charge is 2.07. The zero-order valence-electron chi connectivity index (χ0n) is 9.62. The van der Waals surface area contributed by atoms with Gasteiger partial charge in [-0.2, -0.15) is 0 Å². The van der Waals surface area contributed by atoms with Gasteiger partial charge in [0, 0.05) is 18.1 Å². The Balaban J connectivity index is 0.00000128. The van der Waals surface area contributed by atoms with Gasteiger partial charge >= 0.3 is 1.43 Å². The molecule has 1 aromatic heterocycles. The SMILES string of the molecule is Nc1ccc(C(O)Cn2ccnc2)cc1.[Cl-].[H+]. The molecule has 0 aliphatic rings. The van der Waals surface area contributed by atoms with Crippen LogP contribution >= 0.6 is 0 Å². The minimum Gasteiger partial charge on any atom is -1.00 e. The van der Waals surface area contributed by atoms with Crippen LogP contribution in [-0.4, -0.2) is 14.7 Å². The third-order valence-corrected chi connectivity index (χ3v) is 2.26. The maximum atomic E-state index is 9.89. The van der Waals surface area contributed by atoms with Crippen molar-refractivity contribution in [3.63, 3.8) is 0 Å². The fourth-order valence-electron chi connectivity index (χ4n) is 1.42. The zero-order chi connectivity index (χ0) is 10.7. The van der Waals surface area contributed by atoms with Gasteiger partial charge in [0.05, 0.1) is 19.0 Å². The lowest BCUT2D eigenvalue weighted by molar-refractivity contribution is -0.00000510. The molecule has 0 radical (unpaired) electrons. The van der Waals surface area contributed by atoms with Crippen LogP contribution in [0.15, 0.2) is 43.0 Å². The van der Waals surface area contributed by atoms with Gasteiger partial charge < -0.3 is 27.8 Å². The molecule has 0 saturated carbocycles. The van der Waals surface area contributed by atoms with Crippen molar-refractivity contribution in [1.29, 1.82) is 0 Å². The number of anilines is 1. The van der Waals surface area contributed by atoms with Gasteiger partial charge in [-0.3, -0.25) is 0 Å². The van der Waals surface area contributed by atoms with Crippen molar-refractivity contribution in [2.45, 2.75) is 12.6 Å². The van der Waals surface area contributed by atoms with E-state index in [1.54, 1.807) is 24.7 Å². The summed E-state index contributed by atoms with van der Waals surface area (Å²) in [6.45, 7) is 0.504. The maximum Gasteiger partial charge on any atom is 1.00 e. The van der Waals surface area contributed by atoms with Crippen LogP contribution in [0.3, 0.4) is 0 Å². The average Bonchev–Trinajstić information content (AvgIpc) is 2.71. The van der Waals surface area contributed by atoms with Gasteiger partial charge in [-0.1, -0.05) is 12.1 Å². The Labute approximate surface area is 102 Å². The highest BCUT2D eigenvalue weighted by molar-refractivity contribution is 5.39. The number of nitrogens with zero attached hydrogens (tertiary/aromatic N) is 2. The summed E-state index contributed by atoms with van der Waals surface area (Å²) in [5.74, 6) is 0. The summed E-state index contributed by atoms with van der Waals surface area (Å²) in [5, 5.41) is 9.89. The van der Waals surface area contributed by atoms with E-state index in [-0.39, 0.29) is 13.8 Å². The monoisotopic (exact) mass is 239 g/mol. The summed E-state index contributed by atoms with van der Waals surface area (Å²) in [4.78, 5) is 3.91. The van der Waals surface area contributed by atoms with Gasteiger partial charge in [0.1, 0.15) is 0 Å². The molecule has 2 rings (SSSR count). The number of hydrogen-bond donors (Lipinski definition) is 2. The normalized spacial score (nSPS) is 11.8. The molecule has 0 amide bonds. The molecule has 0 spiro atoms. The number of nitrogen functional groups attached to an aromatic ring is 1. The van der Waals surface area contributed by atoms with Crippen molar-refractivity contribution >= 4 is 5.69 Å². The van der Waals surface area contributed by atoms with E-state index in [0.717, 1.165) is 5.56 Å². The molecule has 4 nitrogen and oxygen atoms in total. The molecule has 3 N–H and O–H groups in total. The molecule has 0 saturated heterocycles. The van der Waals surface area contributed by atoms with Crippen LogP contribution in [0, 0.1) is 0 Å². The highest BCUT2D eigenvalue weighted by Crippen LogP contribution is 2.16. The van der Waals surface area contributed by atoms with Crippen LogP contribution in [0.1, 0.15) is 13.1 Å². The first-order chi connectivity index (χ1) is 7.25. The van der Waals surface area contributed by atoms with Crippen LogP contribution in [0.25, 0.3) is 0 Å². The van der Waals surface area contributed by atoms with Gasteiger partial charge in [-0.15, -0.1) is 0 Å². The molecule has 1 aromatic carbocycles. The number of nitrogens with two attached hydrogens (primary N) is 1. The van der Waals surface area contributed by atoms with E-state index in [1.165, 1.54) is 0 Å². The Bertz CT molecular complexity index is 419. The number of benzene rings is 1. The number of halogens is 1. The average molecular weight is 240 g/mol. The van der Waals surface area contributed by atoms with Crippen molar-refractivity contribution in [2.75, 3.05) is 5.73 Å². The topological polar surface area (TPSA) is 64.1 Å². The summed E-state index contributed by atoms with van der Waals surface area (Å²) in [7, 11) is 0. The molecule has 0 bridgehead atoms. The zero-order valence-corrected chi connectivity index (χ0v) is 9.38. The molecular formula is C11H14ClN3O. The molecule has 0 aliphatic heterocycles. The molecule has 86 valence electrons. The number of aliphatic hydroxyl groups excluding tert-OH is 1. The van der Waals surface area contributed by atoms with Gasteiger partial charge in [0.2, 0.25) is 0 Å². The molecule has 2 aromatic rings. The minimum absolute atomic E-state index is 0. The summed E-state index contributed by atoms with van der Waals surface area (Å²) in [6.07, 6.45) is 4.66. The summed E-state index contributed by atoms with van der Waals surface area (Å²) in [6, 6.07) is 7.23. The number of aliphatic hydroxyl groups is 1. The molecule has 1 atom stereocenters. The fourth-order valence-corrected chi connectivity index (χ4v) is 1.42. The lowest BCUT2D eigenvalue weighted by atomic mass is 10.1. The van der Waals surface area contributed by atoms with Crippen molar-refractivity contribution < 1.29 is 18.9 Å².